The second-order valence-electron chi connectivity index (χ2n) is 4.91. The fourth-order valence-electron chi connectivity index (χ4n) is 2.37. The highest BCUT2D eigenvalue weighted by Crippen LogP contribution is 2.38. The molecule has 104 valence electrons. The third-order valence-corrected chi connectivity index (χ3v) is 4.47. The number of para-hydroxylation sites is 1. The summed E-state index contributed by atoms with van der Waals surface area (Å²) in [5, 5.41) is 4.24. The number of nitrogens with one attached hydrogen (secondary N) is 1. The molecule has 1 unspecified atom stereocenters. The summed E-state index contributed by atoms with van der Waals surface area (Å²) in [6, 6.07) is 7.89. The topological polar surface area (TPSA) is 61.8 Å². The van der Waals surface area contributed by atoms with Crippen molar-refractivity contribution in [2.45, 2.75) is 29.9 Å². The first-order valence-electron chi connectivity index (χ1n) is 6.58. The molecule has 2 amide bonds. The molecule has 0 bridgehead atoms. The van der Waals surface area contributed by atoms with E-state index in [0.29, 0.717) is 30.3 Å². The van der Waals surface area contributed by atoms with E-state index in [2.05, 4.69) is 17.5 Å². The van der Waals surface area contributed by atoms with Gasteiger partial charge in [0.05, 0.1) is 5.69 Å². The van der Waals surface area contributed by atoms with Crippen LogP contribution >= 0.6 is 11.8 Å². The quantitative estimate of drug-likeness (QED) is 0.857. The molecule has 1 aromatic rings. The molecule has 2 aliphatic heterocycles. The van der Waals surface area contributed by atoms with Gasteiger partial charge in [-0.3, -0.25) is 9.59 Å². The fraction of sp³-hybridized carbons (Fsp3) is 0.357. The van der Waals surface area contributed by atoms with Gasteiger partial charge in [0.1, 0.15) is 5.71 Å². The second-order valence-corrected chi connectivity index (χ2v) is 6.39. The Bertz CT molecular complexity index is 600. The molecule has 0 spiro atoms. The van der Waals surface area contributed by atoms with Crippen LogP contribution in [-0.4, -0.2) is 29.3 Å². The highest BCUT2D eigenvalue weighted by Gasteiger charge is 2.30. The van der Waals surface area contributed by atoms with Gasteiger partial charge in [-0.25, -0.2) is 5.43 Å². The first kappa shape index (κ1) is 13.2. The van der Waals surface area contributed by atoms with Crippen molar-refractivity contribution in [1.29, 1.82) is 0 Å². The average Bonchev–Trinajstić information content (AvgIpc) is 2.46. The lowest BCUT2D eigenvalue weighted by Gasteiger charge is -2.33. The molecule has 5 nitrogen and oxygen atoms in total. The van der Waals surface area contributed by atoms with Crippen LogP contribution in [0.1, 0.15) is 19.8 Å². The number of rotatable bonds is 1. The first-order chi connectivity index (χ1) is 9.65. The average molecular weight is 289 g/mol. The van der Waals surface area contributed by atoms with Crippen LogP contribution in [0.25, 0.3) is 0 Å². The van der Waals surface area contributed by atoms with Crippen molar-refractivity contribution in [2.24, 2.45) is 5.10 Å². The van der Waals surface area contributed by atoms with E-state index < -0.39 is 0 Å². The van der Waals surface area contributed by atoms with Crippen LogP contribution in [0.2, 0.25) is 0 Å². The SMILES string of the molecule is CC1CN(C(=O)C2=NNC(=O)CC2)c2ccccc2S1. The normalized spacial score (nSPS) is 21.9. The first-order valence-corrected chi connectivity index (χ1v) is 7.46. The molecule has 2 heterocycles. The van der Waals surface area contributed by atoms with Gasteiger partial charge in [0.15, 0.2) is 0 Å². The Labute approximate surface area is 121 Å². The summed E-state index contributed by atoms with van der Waals surface area (Å²) in [5.74, 6) is -0.242. The zero-order valence-electron chi connectivity index (χ0n) is 11.1. The molecule has 0 radical (unpaired) electrons. The minimum absolute atomic E-state index is 0.107. The van der Waals surface area contributed by atoms with E-state index in [0.717, 1.165) is 10.6 Å². The van der Waals surface area contributed by atoms with E-state index in [1.165, 1.54) is 0 Å². The van der Waals surface area contributed by atoms with Gasteiger partial charge < -0.3 is 4.90 Å². The van der Waals surface area contributed by atoms with Crippen molar-refractivity contribution in [3.8, 4) is 0 Å². The summed E-state index contributed by atoms with van der Waals surface area (Å²) in [4.78, 5) is 26.6. The molecule has 2 aliphatic rings. The van der Waals surface area contributed by atoms with Gasteiger partial charge in [0, 0.05) is 29.5 Å². The van der Waals surface area contributed by atoms with Crippen LogP contribution in [0.5, 0.6) is 0 Å². The lowest BCUT2D eigenvalue weighted by Crippen LogP contribution is -2.44. The van der Waals surface area contributed by atoms with E-state index in [9.17, 15) is 9.59 Å². The number of amides is 2. The third-order valence-electron chi connectivity index (χ3n) is 3.32. The molecule has 0 saturated heterocycles. The summed E-state index contributed by atoms with van der Waals surface area (Å²) in [6.07, 6.45) is 0.731. The largest absolute Gasteiger partial charge is 0.305 e. The van der Waals surface area contributed by atoms with Gasteiger partial charge in [-0.15, -0.1) is 11.8 Å². The van der Waals surface area contributed by atoms with Crippen LogP contribution in [0.4, 0.5) is 5.69 Å². The maximum absolute atomic E-state index is 12.6. The van der Waals surface area contributed by atoms with Gasteiger partial charge in [-0.2, -0.15) is 5.10 Å². The van der Waals surface area contributed by atoms with Gasteiger partial charge >= 0.3 is 0 Å². The zero-order chi connectivity index (χ0) is 14.1. The zero-order valence-corrected chi connectivity index (χ0v) is 11.9. The van der Waals surface area contributed by atoms with Crippen LogP contribution in [0.15, 0.2) is 34.3 Å². The molecule has 0 saturated carbocycles. The van der Waals surface area contributed by atoms with Gasteiger partial charge in [-0.1, -0.05) is 19.1 Å². The minimum Gasteiger partial charge on any atom is -0.305 e. The number of thioether (sulfide) groups is 1. The molecule has 6 heteroatoms. The fourth-order valence-corrected chi connectivity index (χ4v) is 3.48. The Morgan fingerprint density at radius 1 is 1.40 bits per heavy atom. The van der Waals surface area contributed by atoms with Crippen molar-refractivity contribution in [1.82, 2.24) is 5.43 Å². The number of hydrogen-bond acceptors (Lipinski definition) is 4. The Morgan fingerprint density at radius 3 is 2.95 bits per heavy atom. The van der Waals surface area contributed by atoms with E-state index in [1.807, 2.05) is 24.3 Å². The van der Waals surface area contributed by atoms with Crippen LogP contribution in [0.3, 0.4) is 0 Å². The lowest BCUT2D eigenvalue weighted by atomic mass is 10.1. The number of fused-ring (bicyclic) bond motifs is 1. The maximum Gasteiger partial charge on any atom is 0.274 e. The maximum atomic E-state index is 12.6. The second kappa shape index (κ2) is 5.28. The Balaban J connectivity index is 1.90. The van der Waals surface area contributed by atoms with Crippen molar-refractivity contribution in [3.05, 3.63) is 24.3 Å². The van der Waals surface area contributed by atoms with Crippen LogP contribution in [0, 0.1) is 0 Å². The molecule has 1 aromatic carbocycles. The summed E-state index contributed by atoms with van der Waals surface area (Å²) < 4.78 is 0. The lowest BCUT2D eigenvalue weighted by molar-refractivity contribution is -0.121. The number of benzene rings is 1. The standard InChI is InChI=1S/C14H15N3O2S/c1-9-8-17(11-4-2-3-5-12(11)20-9)14(19)10-6-7-13(18)16-15-10/h2-5,9H,6-8H2,1H3,(H,16,18). The number of hydrogen-bond donors (Lipinski definition) is 1. The number of nitrogens with zero attached hydrogens (tertiary/aromatic N) is 2. The van der Waals surface area contributed by atoms with Gasteiger partial charge in [-0.05, 0) is 12.1 Å². The molecule has 1 N–H and O–H groups in total. The highest BCUT2D eigenvalue weighted by molar-refractivity contribution is 8.00. The van der Waals surface area contributed by atoms with E-state index in [-0.39, 0.29) is 11.8 Å². The van der Waals surface area contributed by atoms with Gasteiger partial charge in [0.2, 0.25) is 5.91 Å². The number of hydrazone groups is 1. The summed E-state index contributed by atoms with van der Waals surface area (Å²) in [6.45, 7) is 2.76. The summed E-state index contributed by atoms with van der Waals surface area (Å²) in [5.41, 5.74) is 3.74. The molecular weight excluding hydrogens is 274 g/mol. The predicted octanol–water partition coefficient (Wildman–Crippen LogP) is 1.78. The monoisotopic (exact) mass is 289 g/mol. The van der Waals surface area contributed by atoms with Crippen molar-refractivity contribution < 1.29 is 9.59 Å². The number of carbonyl (C=O) groups is 2. The van der Waals surface area contributed by atoms with E-state index in [4.69, 9.17) is 0 Å². The number of carbonyl (C=O) groups excluding carboxylic acids is 2. The molecule has 0 fully saturated rings. The minimum atomic E-state index is -0.135. The Morgan fingerprint density at radius 2 is 2.20 bits per heavy atom. The number of anilines is 1. The molecule has 20 heavy (non-hydrogen) atoms. The molecule has 0 aliphatic carbocycles. The van der Waals surface area contributed by atoms with Crippen molar-refractivity contribution in [2.75, 3.05) is 11.4 Å². The van der Waals surface area contributed by atoms with Gasteiger partial charge in [0.25, 0.3) is 5.91 Å². The molecular formula is C14H15N3O2S. The van der Waals surface area contributed by atoms with Crippen LogP contribution < -0.4 is 10.3 Å². The van der Waals surface area contributed by atoms with Crippen LogP contribution in [-0.2, 0) is 9.59 Å². The molecule has 0 aromatic heterocycles. The summed E-state index contributed by atoms with van der Waals surface area (Å²) in [7, 11) is 0. The Kier molecular flexibility index (Phi) is 3.48. The summed E-state index contributed by atoms with van der Waals surface area (Å²) >= 11 is 1.78. The van der Waals surface area contributed by atoms with Crippen molar-refractivity contribution >= 4 is 35.0 Å². The molecule has 3 rings (SSSR count). The van der Waals surface area contributed by atoms with E-state index in [1.54, 1.807) is 16.7 Å². The van der Waals surface area contributed by atoms with Crippen molar-refractivity contribution in [3.63, 3.8) is 0 Å². The van der Waals surface area contributed by atoms with E-state index >= 15 is 0 Å². The smallest absolute Gasteiger partial charge is 0.274 e. The predicted molar refractivity (Wildman–Crippen MR) is 78.9 cm³/mol. The molecule has 1 atom stereocenters. The highest BCUT2D eigenvalue weighted by atomic mass is 32.2. The third kappa shape index (κ3) is 2.43. The Hall–Kier alpha value is -1.82.